The highest BCUT2D eigenvalue weighted by atomic mass is 16.4. The second-order valence-electron chi connectivity index (χ2n) is 2.00. The van der Waals surface area contributed by atoms with Crippen LogP contribution in [-0.4, -0.2) is 23.0 Å². The van der Waals surface area contributed by atoms with Crippen molar-refractivity contribution in [3.8, 4) is 0 Å². The highest BCUT2D eigenvalue weighted by molar-refractivity contribution is 5.87. The lowest BCUT2D eigenvalue weighted by atomic mass is 10.2. The lowest BCUT2D eigenvalue weighted by Gasteiger charge is -1.99. The Balaban J connectivity index is 0.000000810. The number of nitrogens with one attached hydrogen (secondary N) is 1. The summed E-state index contributed by atoms with van der Waals surface area (Å²) in [4.78, 5) is 20.5. The maximum absolute atomic E-state index is 10.4. The first-order valence-electron chi connectivity index (χ1n) is 2.72. The molecule has 58 valence electrons. The number of quaternary nitrogens is 1. The van der Waals surface area contributed by atoms with Crippen molar-refractivity contribution in [2.75, 3.05) is 0 Å². The minimum absolute atomic E-state index is 0. The second kappa shape index (κ2) is 3.17. The average Bonchev–Trinajstić information content (AvgIpc) is 2.14. The minimum Gasteiger partial charge on any atom is -0.480 e. The van der Waals surface area contributed by atoms with E-state index in [1.165, 1.54) is 0 Å². The van der Waals surface area contributed by atoms with Crippen molar-refractivity contribution in [2.45, 2.75) is 18.9 Å². The number of carbonyl (C=O) groups is 2. The zero-order valence-corrected chi connectivity index (χ0v) is 5.76. The maximum Gasteiger partial charge on any atom is 0.326 e. The zero-order chi connectivity index (χ0) is 6.85. The highest BCUT2D eigenvalue weighted by Gasteiger charge is 2.26. The Morgan fingerprint density at radius 3 is 2.50 bits per heavy atom. The normalized spacial score (nSPS) is 23.2. The van der Waals surface area contributed by atoms with Gasteiger partial charge in [0.1, 0.15) is 6.04 Å². The second-order valence-corrected chi connectivity index (χ2v) is 2.00. The van der Waals surface area contributed by atoms with Crippen LogP contribution in [-0.2, 0) is 9.59 Å². The summed E-state index contributed by atoms with van der Waals surface area (Å²) in [5.41, 5.74) is 0. The topological polar surface area (TPSA) is 103 Å². The van der Waals surface area contributed by atoms with Gasteiger partial charge in [0.05, 0.1) is 0 Å². The molecule has 1 aliphatic rings. The molecule has 0 aromatic heterocycles. The molecular formula is C5H11N2O3+. The number of hydrogen-bond acceptors (Lipinski definition) is 2. The molecule has 1 amide bonds. The first kappa shape index (κ1) is 8.90. The third-order valence-corrected chi connectivity index (χ3v) is 1.29. The molecule has 0 bridgehead atoms. The molecule has 1 heterocycles. The first-order valence-corrected chi connectivity index (χ1v) is 2.72. The molecule has 1 fully saturated rings. The van der Waals surface area contributed by atoms with Crippen molar-refractivity contribution in [3.05, 3.63) is 0 Å². The molecule has 0 spiro atoms. The van der Waals surface area contributed by atoms with E-state index in [1.807, 2.05) is 0 Å². The predicted octanol–water partition coefficient (Wildman–Crippen LogP) is -0.274. The highest BCUT2D eigenvalue weighted by Crippen LogP contribution is 2.05. The Kier molecular flexibility index (Phi) is 2.82. The monoisotopic (exact) mass is 147 g/mol. The molecule has 1 aliphatic heterocycles. The molecule has 0 aliphatic carbocycles. The van der Waals surface area contributed by atoms with E-state index >= 15 is 0 Å². The van der Waals surface area contributed by atoms with Gasteiger partial charge in [-0.25, -0.2) is 4.79 Å². The van der Waals surface area contributed by atoms with Crippen LogP contribution in [0.5, 0.6) is 0 Å². The van der Waals surface area contributed by atoms with Crippen LogP contribution in [0.1, 0.15) is 12.8 Å². The SMILES string of the molecule is O=C1CC[C@@H](C(=O)O)N1.[NH4+]. The lowest BCUT2D eigenvalue weighted by Crippen LogP contribution is -2.32. The number of carbonyl (C=O) groups excluding carboxylic acids is 1. The third kappa shape index (κ3) is 1.70. The molecule has 1 atom stereocenters. The van der Waals surface area contributed by atoms with Gasteiger partial charge in [-0.05, 0) is 6.42 Å². The molecule has 0 radical (unpaired) electrons. The Hall–Kier alpha value is -1.10. The van der Waals surface area contributed by atoms with E-state index < -0.39 is 12.0 Å². The summed E-state index contributed by atoms with van der Waals surface area (Å²) in [5, 5.41) is 10.6. The smallest absolute Gasteiger partial charge is 0.326 e. The van der Waals surface area contributed by atoms with Gasteiger partial charge in [0.2, 0.25) is 5.91 Å². The summed E-state index contributed by atoms with van der Waals surface area (Å²) in [7, 11) is 0. The van der Waals surface area contributed by atoms with E-state index in [4.69, 9.17) is 5.11 Å². The molecule has 0 saturated carbocycles. The number of carboxylic acids is 1. The average molecular weight is 147 g/mol. The van der Waals surface area contributed by atoms with Crippen molar-refractivity contribution in [3.63, 3.8) is 0 Å². The van der Waals surface area contributed by atoms with Crippen LogP contribution in [0.4, 0.5) is 0 Å². The van der Waals surface area contributed by atoms with E-state index in [-0.39, 0.29) is 12.1 Å². The molecule has 10 heavy (non-hydrogen) atoms. The molecule has 1 saturated heterocycles. The van der Waals surface area contributed by atoms with Gasteiger partial charge in [0, 0.05) is 6.42 Å². The van der Waals surface area contributed by atoms with E-state index in [1.54, 1.807) is 0 Å². The van der Waals surface area contributed by atoms with Crippen molar-refractivity contribution < 1.29 is 14.7 Å². The van der Waals surface area contributed by atoms with Gasteiger partial charge < -0.3 is 16.6 Å². The standard InChI is InChI=1S/C5H7NO3.H3N/c7-4-2-1-3(6-4)5(8)9;/h3H,1-2H2,(H,6,7)(H,8,9);1H3/p+1/t3-;/m0./s1. The number of rotatable bonds is 1. The predicted molar refractivity (Wildman–Crippen MR) is 34.8 cm³/mol. The lowest BCUT2D eigenvalue weighted by molar-refractivity contribution is -0.140. The summed E-state index contributed by atoms with van der Waals surface area (Å²) in [6.45, 7) is 0. The largest absolute Gasteiger partial charge is 0.480 e. The van der Waals surface area contributed by atoms with E-state index in [2.05, 4.69) is 5.32 Å². The van der Waals surface area contributed by atoms with Crippen LogP contribution < -0.4 is 11.5 Å². The van der Waals surface area contributed by atoms with E-state index in [9.17, 15) is 9.59 Å². The van der Waals surface area contributed by atoms with Gasteiger partial charge in [-0.15, -0.1) is 0 Å². The molecule has 5 nitrogen and oxygen atoms in total. The molecule has 6 N–H and O–H groups in total. The van der Waals surface area contributed by atoms with Crippen LogP contribution in [0, 0.1) is 0 Å². The number of carboxylic acid groups (broad SMARTS) is 1. The Morgan fingerprint density at radius 2 is 2.30 bits per heavy atom. The van der Waals surface area contributed by atoms with Crippen LogP contribution in [0.25, 0.3) is 0 Å². The van der Waals surface area contributed by atoms with Crippen LogP contribution >= 0.6 is 0 Å². The fourth-order valence-electron chi connectivity index (χ4n) is 0.799. The first-order chi connectivity index (χ1) is 4.20. The quantitative estimate of drug-likeness (QED) is 0.475. The summed E-state index contributed by atoms with van der Waals surface area (Å²) in [6, 6.07) is -0.641. The molecular weight excluding hydrogens is 136 g/mol. The number of amides is 1. The van der Waals surface area contributed by atoms with Gasteiger partial charge in [0.25, 0.3) is 0 Å². The van der Waals surface area contributed by atoms with Gasteiger partial charge in [-0.1, -0.05) is 0 Å². The van der Waals surface area contributed by atoms with Gasteiger partial charge in [0.15, 0.2) is 0 Å². The summed E-state index contributed by atoms with van der Waals surface area (Å²) in [5.74, 6) is -1.11. The Bertz CT molecular complexity index is 157. The van der Waals surface area contributed by atoms with Crippen LogP contribution in [0.15, 0.2) is 0 Å². The Morgan fingerprint density at radius 1 is 1.70 bits per heavy atom. The van der Waals surface area contributed by atoms with Gasteiger partial charge in [-0.2, -0.15) is 0 Å². The van der Waals surface area contributed by atoms with Crippen molar-refractivity contribution in [2.24, 2.45) is 0 Å². The number of hydrogen-bond donors (Lipinski definition) is 3. The van der Waals surface area contributed by atoms with Gasteiger partial charge >= 0.3 is 5.97 Å². The Labute approximate surface area is 58.0 Å². The summed E-state index contributed by atoms with van der Waals surface area (Å²) in [6.07, 6.45) is 0.769. The van der Waals surface area contributed by atoms with Crippen molar-refractivity contribution in [1.82, 2.24) is 11.5 Å². The molecule has 5 heteroatoms. The fourth-order valence-corrected chi connectivity index (χ4v) is 0.799. The van der Waals surface area contributed by atoms with Crippen LogP contribution in [0.2, 0.25) is 0 Å². The van der Waals surface area contributed by atoms with Crippen molar-refractivity contribution >= 4 is 11.9 Å². The van der Waals surface area contributed by atoms with Crippen molar-refractivity contribution in [1.29, 1.82) is 0 Å². The third-order valence-electron chi connectivity index (χ3n) is 1.29. The molecule has 1 rings (SSSR count). The van der Waals surface area contributed by atoms with Crippen LogP contribution in [0.3, 0.4) is 0 Å². The zero-order valence-electron chi connectivity index (χ0n) is 5.76. The fraction of sp³-hybridized carbons (Fsp3) is 0.600. The maximum atomic E-state index is 10.4. The summed E-state index contributed by atoms with van der Waals surface area (Å²) < 4.78 is 0. The molecule has 0 unspecified atom stereocenters. The minimum atomic E-state index is -0.944. The summed E-state index contributed by atoms with van der Waals surface area (Å²) >= 11 is 0. The molecule has 0 aromatic rings. The van der Waals surface area contributed by atoms with Gasteiger partial charge in [-0.3, -0.25) is 4.79 Å². The molecule has 0 aromatic carbocycles. The van der Waals surface area contributed by atoms with E-state index in [0.717, 1.165) is 0 Å². The number of aliphatic carboxylic acids is 1. The van der Waals surface area contributed by atoms with E-state index in [0.29, 0.717) is 12.8 Å².